The van der Waals surface area contributed by atoms with Crippen LogP contribution in [0.3, 0.4) is 0 Å². The lowest BCUT2D eigenvalue weighted by molar-refractivity contribution is 0.660. The summed E-state index contributed by atoms with van der Waals surface area (Å²) in [5, 5.41) is 2.27. The first-order valence-electron chi connectivity index (χ1n) is 16.6. The van der Waals surface area contributed by atoms with E-state index in [2.05, 4.69) is 170 Å². The van der Waals surface area contributed by atoms with Gasteiger partial charge in [0.25, 0.3) is 0 Å². The summed E-state index contributed by atoms with van der Waals surface area (Å²) in [5.41, 5.74) is 15.3. The molecule has 0 saturated carbocycles. The van der Waals surface area contributed by atoms with Crippen LogP contribution < -0.4 is 4.90 Å². The van der Waals surface area contributed by atoms with Crippen molar-refractivity contribution in [2.24, 2.45) is 0 Å². The summed E-state index contributed by atoms with van der Waals surface area (Å²) in [7, 11) is 0. The van der Waals surface area contributed by atoms with Crippen LogP contribution >= 0.6 is 0 Å². The lowest BCUT2D eigenvalue weighted by atomic mass is 9.82. The Labute approximate surface area is 275 Å². The number of furan rings is 1. The maximum absolute atomic E-state index is 6.91. The highest BCUT2D eigenvalue weighted by molar-refractivity contribution is 6.13. The molecule has 47 heavy (non-hydrogen) atoms. The fraction of sp³-hybridized carbons (Fsp3) is 0.111. The van der Waals surface area contributed by atoms with Crippen LogP contribution in [0.15, 0.2) is 156 Å². The first kappa shape index (κ1) is 27.7. The molecule has 0 fully saturated rings. The number of hydrogen-bond donors (Lipinski definition) is 0. The van der Waals surface area contributed by atoms with Crippen molar-refractivity contribution < 1.29 is 4.42 Å². The summed E-state index contributed by atoms with van der Waals surface area (Å²) in [6.45, 7) is 4.70. The SMILES string of the molecule is CC1(C)c2ccccc2-c2ccc(N(c3ccccc3)c3cc(-c4ccccc4)c4oc5c(C6=CC=CCC6)cccc5c4c3)cc21. The van der Waals surface area contributed by atoms with Crippen molar-refractivity contribution in [2.75, 3.05) is 4.90 Å². The second kappa shape index (κ2) is 10.7. The molecule has 0 spiro atoms. The minimum Gasteiger partial charge on any atom is -0.455 e. The second-order valence-corrected chi connectivity index (χ2v) is 13.3. The van der Waals surface area contributed by atoms with Crippen molar-refractivity contribution in [3.63, 3.8) is 0 Å². The minimum absolute atomic E-state index is 0.0936. The van der Waals surface area contributed by atoms with Crippen molar-refractivity contribution in [3.05, 3.63) is 168 Å². The Kier molecular flexibility index (Phi) is 6.33. The maximum Gasteiger partial charge on any atom is 0.143 e. The van der Waals surface area contributed by atoms with Crippen LogP contribution in [0, 0.1) is 0 Å². The Bertz CT molecular complexity index is 2370. The number of anilines is 3. The molecule has 9 rings (SSSR count). The third-order valence-electron chi connectivity index (χ3n) is 10.1. The van der Waals surface area contributed by atoms with E-state index in [1.165, 1.54) is 33.4 Å². The highest BCUT2D eigenvalue weighted by Crippen LogP contribution is 2.51. The number of hydrogen-bond acceptors (Lipinski definition) is 2. The second-order valence-electron chi connectivity index (χ2n) is 13.3. The molecule has 1 aromatic heterocycles. The van der Waals surface area contributed by atoms with Gasteiger partial charge in [-0.25, -0.2) is 0 Å². The molecule has 2 aliphatic rings. The van der Waals surface area contributed by atoms with Crippen LogP contribution in [-0.4, -0.2) is 0 Å². The number of fused-ring (bicyclic) bond motifs is 6. The Hall–Kier alpha value is -5.60. The molecule has 2 heteroatoms. The lowest BCUT2D eigenvalue weighted by Crippen LogP contribution is -2.16. The topological polar surface area (TPSA) is 16.4 Å². The highest BCUT2D eigenvalue weighted by atomic mass is 16.3. The van der Waals surface area contributed by atoms with Gasteiger partial charge in [-0.3, -0.25) is 0 Å². The number of nitrogens with zero attached hydrogens (tertiary/aromatic N) is 1. The Morgan fingerprint density at radius 3 is 2.09 bits per heavy atom. The number of benzene rings is 6. The molecule has 0 bridgehead atoms. The molecule has 0 aliphatic heterocycles. The maximum atomic E-state index is 6.91. The van der Waals surface area contributed by atoms with Gasteiger partial charge in [0.05, 0.1) is 0 Å². The molecule has 0 radical (unpaired) electrons. The smallest absolute Gasteiger partial charge is 0.143 e. The average Bonchev–Trinajstić information content (AvgIpc) is 3.61. The van der Waals surface area contributed by atoms with Crippen molar-refractivity contribution in [1.29, 1.82) is 0 Å². The molecule has 7 aromatic rings. The van der Waals surface area contributed by atoms with Crippen LogP contribution in [0.2, 0.25) is 0 Å². The number of allylic oxidation sites excluding steroid dienone is 4. The van der Waals surface area contributed by atoms with E-state index in [0.717, 1.165) is 63.0 Å². The summed E-state index contributed by atoms with van der Waals surface area (Å²) in [6.07, 6.45) is 8.71. The zero-order chi connectivity index (χ0) is 31.5. The molecule has 226 valence electrons. The van der Waals surface area contributed by atoms with E-state index in [0.29, 0.717) is 0 Å². The van der Waals surface area contributed by atoms with Crippen molar-refractivity contribution >= 4 is 44.6 Å². The van der Waals surface area contributed by atoms with Gasteiger partial charge < -0.3 is 9.32 Å². The summed E-state index contributed by atoms with van der Waals surface area (Å²) in [5.74, 6) is 0. The molecule has 2 aliphatic carbocycles. The van der Waals surface area contributed by atoms with Crippen LogP contribution in [0.4, 0.5) is 17.1 Å². The minimum atomic E-state index is -0.0936. The van der Waals surface area contributed by atoms with E-state index in [-0.39, 0.29) is 5.41 Å². The zero-order valence-corrected chi connectivity index (χ0v) is 26.7. The van der Waals surface area contributed by atoms with Gasteiger partial charge in [-0.2, -0.15) is 0 Å². The number of rotatable bonds is 5. The zero-order valence-electron chi connectivity index (χ0n) is 26.7. The molecule has 0 atom stereocenters. The van der Waals surface area contributed by atoms with Gasteiger partial charge >= 0.3 is 0 Å². The van der Waals surface area contributed by atoms with Crippen LogP contribution in [0.5, 0.6) is 0 Å². The predicted molar refractivity (Wildman–Crippen MR) is 198 cm³/mol. The third kappa shape index (κ3) is 4.40. The van der Waals surface area contributed by atoms with Gasteiger partial charge in [0.2, 0.25) is 0 Å². The molecule has 0 N–H and O–H groups in total. The summed E-state index contributed by atoms with van der Waals surface area (Å²) >= 11 is 0. The molecule has 0 unspecified atom stereocenters. The van der Waals surface area contributed by atoms with Crippen molar-refractivity contribution in [3.8, 4) is 22.3 Å². The molecule has 0 amide bonds. The lowest BCUT2D eigenvalue weighted by Gasteiger charge is -2.28. The van der Waals surface area contributed by atoms with Gasteiger partial charge in [0.15, 0.2) is 0 Å². The molecular formula is C45H35NO. The monoisotopic (exact) mass is 605 g/mol. The van der Waals surface area contributed by atoms with Gasteiger partial charge in [0, 0.05) is 44.4 Å². The standard InChI is InChI=1S/C45H35NO/c1-45(2)41-24-13-12-21-36(41)37-26-25-33(29-42(37)45)46(32-19-10-5-11-20-32)34-27-39(31-17-8-4-9-18-31)44-40(28-34)38-23-14-22-35(43(38)47-44)30-15-6-3-7-16-30/h3-6,8-15,17-29H,7,16H2,1-2H3. The van der Waals surface area contributed by atoms with Crippen LogP contribution in [-0.2, 0) is 5.41 Å². The fourth-order valence-corrected chi connectivity index (χ4v) is 7.78. The summed E-state index contributed by atoms with van der Waals surface area (Å²) in [6, 6.07) is 48.5. The van der Waals surface area contributed by atoms with Gasteiger partial charge in [-0.05, 0) is 82.6 Å². The molecule has 6 aromatic carbocycles. The Morgan fingerprint density at radius 1 is 0.553 bits per heavy atom. The predicted octanol–water partition coefficient (Wildman–Crippen LogP) is 12.8. The third-order valence-corrected chi connectivity index (χ3v) is 10.1. The van der Waals surface area contributed by atoms with Crippen LogP contribution in [0.1, 0.15) is 43.4 Å². The quantitative estimate of drug-likeness (QED) is 0.194. The van der Waals surface area contributed by atoms with Gasteiger partial charge in [0.1, 0.15) is 11.2 Å². The van der Waals surface area contributed by atoms with Gasteiger partial charge in [-0.15, -0.1) is 0 Å². The average molecular weight is 606 g/mol. The first-order valence-corrected chi connectivity index (χ1v) is 16.6. The molecule has 2 nitrogen and oxygen atoms in total. The molecular weight excluding hydrogens is 571 g/mol. The fourth-order valence-electron chi connectivity index (χ4n) is 7.78. The highest BCUT2D eigenvalue weighted by Gasteiger charge is 2.35. The summed E-state index contributed by atoms with van der Waals surface area (Å²) in [4.78, 5) is 2.41. The number of para-hydroxylation sites is 2. The Morgan fingerprint density at radius 2 is 1.28 bits per heavy atom. The van der Waals surface area contributed by atoms with Gasteiger partial charge in [-0.1, -0.05) is 129 Å². The Balaban J connectivity index is 1.31. The van der Waals surface area contributed by atoms with E-state index in [9.17, 15) is 0 Å². The molecule has 0 saturated heterocycles. The normalized spacial score (nSPS) is 14.6. The van der Waals surface area contributed by atoms with Crippen molar-refractivity contribution in [1.82, 2.24) is 0 Å². The van der Waals surface area contributed by atoms with E-state index in [1.807, 2.05) is 0 Å². The van der Waals surface area contributed by atoms with Crippen LogP contribution in [0.25, 0.3) is 49.8 Å². The largest absolute Gasteiger partial charge is 0.455 e. The molecule has 1 heterocycles. The van der Waals surface area contributed by atoms with E-state index in [1.54, 1.807) is 0 Å². The van der Waals surface area contributed by atoms with E-state index < -0.39 is 0 Å². The summed E-state index contributed by atoms with van der Waals surface area (Å²) < 4.78 is 6.91. The van der Waals surface area contributed by atoms with E-state index >= 15 is 0 Å². The van der Waals surface area contributed by atoms with E-state index in [4.69, 9.17) is 4.42 Å². The first-order chi connectivity index (χ1) is 23.1. The van der Waals surface area contributed by atoms with Crippen molar-refractivity contribution in [2.45, 2.75) is 32.1 Å².